The third kappa shape index (κ3) is 2.81. The molecule has 1 atom stereocenters. The van der Waals surface area contributed by atoms with E-state index in [2.05, 4.69) is 23.5 Å². The second kappa shape index (κ2) is 5.95. The van der Waals surface area contributed by atoms with Crippen LogP contribution < -0.4 is 5.32 Å². The molecular formula is C17H26N. The molecule has 1 radical (unpaired) electrons. The molecular weight excluding hydrogens is 218 g/mol. The molecule has 0 aromatic carbocycles. The quantitative estimate of drug-likeness (QED) is 0.761. The van der Waals surface area contributed by atoms with Crippen molar-refractivity contribution in [3.8, 4) is 0 Å². The molecule has 1 heterocycles. The predicted molar refractivity (Wildman–Crippen MR) is 76.0 cm³/mol. The first-order chi connectivity index (χ1) is 8.93. The van der Waals surface area contributed by atoms with E-state index in [0.717, 1.165) is 11.8 Å². The van der Waals surface area contributed by atoms with Crippen molar-refractivity contribution >= 4 is 0 Å². The van der Waals surface area contributed by atoms with Gasteiger partial charge in [-0.3, -0.25) is 0 Å². The van der Waals surface area contributed by atoms with E-state index in [4.69, 9.17) is 0 Å². The standard InChI is InChI=1S/C17H26N/c1-3-8-14(9-4-1)16-12-7-13-17(18-16)15-10-5-2-6-11-15/h7,12,14-15,17-18H,1-6,8-11H2. The van der Waals surface area contributed by atoms with Crippen molar-refractivity contribution < 1.29 is 0 Å². The molecule has 0 aromatic heterocycles. The first-order valence-corrected chi connectivity index (χ1v) is 7.99. The molecule has 0 amide bonds. The second-order valence-electron chi connectivity index (χ2n) is 6.31. The van der Waals surface area contributed by atoms with Gasteiger partial charge in [0.1, 0.15) is 0 Å². The Morgan fingerprint density at radius 2 is 1.56 bits per heavy atom. The number of hydrogen-bond acceptors (Lipinski definition) is 1. The molecule has 0 spiro atoms. The van der Waals surface area contributed by atoms with Crippen LogP contribution in [0.5, 0.6) is 0 Å². The third-order valence-electron chi connectivity index (χ3n) is 5.03. The fraction of sp³-hybridized carbons (Fsp3) is 0.765. The molecule has 2 saturated carbocycles. The van der Waals surface area contributed by atoms with Crippen LogP contribution in [0.4, 0.5) is 0 Å². The van der Waals surface area contributed by atoms with E-state index in [1.807, 2.05) is 0 Å². The highest BCUT2D eigenvalue weighted by atomic mass is 14.9. The van der Waals surface area contributed by atoms with E-state index in [1.165, 1.54) is 69.9 Å². The number of allylic oxidation sites excluding steroid dienone is 3. The Bertz CT molecular complexity index is 317. The second-order valence-corrected chi connectivity index (χ2v) is 6.31. The summed E-state index contributed by atoms with van der Waals surface area (Å²) in [7, 11) is 0. The summed E-state index contributed by atoms with van der Waals surface area (Å²) in [5.41, 5.74) is 1.52. The number of hydrogen-bond donors (Lipinski definition) is 1. The summed E-state index contributed by atoms with van der Waals surface area (Å²) >= 11 is 0. The summed E-state index contributed by atoms with van der Waals surface area (Å²) in [6, 6.07) is 0.507. The average Bonchev–Trinajstić information content (AvgIpc) is 2.49. The maximum absolute atomic E-state index is 3.81. The lowest BCUT2D eigenvalue weighted by atomic mass is 9.81. The first-order valence-electron chi connectivity index (χ1n) is 7.99. The SMILES string of the molecule is [C]1=CC=C(C2CCCCC2)NC1C1CCCCC1. The lowest BCUT2D eigenvalue weighted by molar-refractivity contribution is 0.290. The predicted octanol–water partition coefficient (Wildman–Crippen LogP) is 4.36. The first kappa shape index (κ1) is 12.3. The monoisotopic (exact) mass is 244 g/mol. The minimum absolute atomic E-state index is 0.507. The number of rotatable bonds is 2. The number of nitrogens with one attached hydrogen (secondary N) is 1. The zero-order valence-electron chi connectivity index (χ0n) is 11.5. The van der Waals surface area contributed by atoms with Crippen LogP contribution in [0.1, 0.15) is 64.2 Å². The molecule has 0 saturated heterocycles. The Kier molecular flexibility index (Phi) is 4.07. The van der Waals surface area contributed by atoms with Gasteiger partial charge in [0.15, 0.2) is 0 Å². The summed E-state index contributed by atoms with van der Waals surface area (Å²) in [4.78, 5) is 0. The van der Waals surface area contributed by atoms with Crippen LogP contribution in [0.2, 0.25) is 0 Å². The smallest absolute Gasteiger partial charge is 0.0542 e. The molecule has 1 nitrogen and oxygen atoms in total. The summed E-state index contributed by atoms with van der Waals surface area (Å²) in [5.74, 6) is 1.64. The van der Waals surface area contributed by atoms with Gasteiger partial charge in [-0.1, -0.05) is 44.6 Å². The Hall–Kier alpha value is -0.720. The maximum atomic E-state index is 3.81. The number of dihydropyridines is 1. The molecule has 1 N–H and O–H groups in total. The van der Waals surface area contributed by atoms with Gasteiger partial charge in [0.05, 0.1) is 6.04 Å². The Labute approximate surface area is 112 Å². The largest absolute Gasteiger partial charge is 0.381 e. The Balaban J connectivity index is 1.60. The van der Waals surface area contributed by atoms with Crippen LogP contribution in [-0.4, -0.2) is 6.04 Å². The van der Waals surface area contributed by atoms with E-state index >= 15 is 0 Å². The van der Waals surface area contributed by atoms with Gasteiger partial charge in [-0.25, -0.2) is 0 Å². The van der Waals surface area contributed by atoms with Gasteiger partial charge in [0, 0.05) is 5.70 Å². The lowest BCUT2D eigenvalue weighted by Gasteiger charge is -2.35. The van der Waals surface area contributed by atoms with E-state index < -0.39 is 0 Å². The normalized spacial score (nSPS) is 30.9. The van der Waals surface area contributed by atoms with Crippen LogP contribution >= 0.6 is 0 Å². The molecule has 0 bridgehead atoms. The van der Waals surface area contributed by atoms with Crippen molar-refractivity contribution in [2.75, 3.05) is 0 Å². The summed E-state index contributed by atoms with van der Waals surface area (Å²) in [6.45, 7) is 0. The summed E-state index contributed by atoms with van der Waals surface area (Å²) in [6.07, 6.45) is 22.2. The van der Waals surface area contributed by atoms with Crippen LogP contribution in [0, 0.1) is 17.9 Å². The molecule has 2 fully saturated rings. The maximum Gasteiger partial charge on any atom is 0.0542 e. The molecule has 0 aromatic rings. The van der Waals surface area contributed by atoms with Crippen molar-refractivity contribution in [2.45, 2.75) is 70.3 Å². The molecule has 1 unspecified atom stereocenters. The average molecular weight is 244 g/mol. The third-order valence-corrected chi connectivity index (χ3v) is 5.03. The fourth-order valence-electron chi connectivity index (χ4n) is 3.90. The van der Waals surface area contributed by atoms with Crippen LogP contribution in [0.15, 0.2) is 17.8 Å². The van der Waals surface area contributed by atoms with Crippen molar-refractivity contribution in [1.82, 2.24) is 5.32 Å². The molecule has 18 heavy (non-hydrogen) atoms. The Morgan fingerprint density at radius 1 is 0.889 bits per heavy atom. The van der Waals surface area contributed by atoms with Gasteiger partial charge in [-0.2, -0.15) is 0 Å². The van der Waals surface area contributed by atoms with Gasteiger partial charge in [-0.15, -0.1) is 0 Å². The molecule has 3 aliphatic rings. The lowest BCUT2D eigenvalue weighted by Crippen LogP contribution is -2.39. The van der Waals surface area contributed by atoms with E-state index in [9.17, 15) is 0 Å². The van der Waals surface area contributed by atoms with Crippen molar-refractivity contribution in [1.29, 1.82) is 0 Å². The summed E-state index contributed by atoms with van der Waals surface area (Å²) in [5, 5.41) is 3.81. The van der Waals surface area contributed by atoms with Gasteiger partial charge >= 0.3 is 0 Å². The minimum Gasteiger partial charge on any atom is -0.381 e. The Morgan fingerprint density at radius 3 is 2.28 bits per heavy atom. The van der Waals surface area contributed by atoms with Gasteiger partial charge in [0.2, 0.25) is 0 Å². The van der Waals surface area contributed by atoms with Crippen molar-refractivity contribution in [2.24, 2.45) is 11.8 Å². The van der Waals surface area contributed by atoms with Gasteiger partial charge in [0.25, 0.3) is 0 Å². The molecule has 99 valence electrons. The highest BCUT2D eigenvalue weighted by Gasteiger charge is 2.26. The molecule has 2 aliphatic carbocycles. The highest BCUT2D eigenvalue weighted by molar-refractivity contribution is 5.20. The van der Waals surface area contributed by atoms with Crippen LogP contribution in [-0.2, 0) is 0 Å². The zero-order valence-corrected chi connectivity index (χ0v) is 11.5. The topological polar surface area (TPSA) is 12.0 Å². The highest BCUT2D eigenvalue weighted by Crippen LogP contribution is 2.32. The van der Waals surface area contributed by atoms with Crippen molar-refractivity contribution in [3.05, 3.63) is 23.9 Å². The van der Waals surface area contributed by atoms with Gasteiger partial charge in [-0.05, 0) is 49.7 Å². The van der Waals surface area contributed by atoms with E-state index in [0.29, 0.717) is 6.04 Å². The zero-order chi connectivity index (χ0) is 12.2. The van der Waals surface area contributed by atoms with E-state index in [1.54, 1.807) is 0 Å². The molecule has 1 heteroatoms. The van der Waals surface area contributed by atoms with Crippen molar-refractivity contribution in [3.63, 3.8) is 0 Å². The summed E-state index contributed by atoms with van der Waals surface area (Å²) < 4.78 is 0. The van der Waals surface area contributed by atoms with Crippen LogP contribution in [0.3, 0.4) is 0 Å². The van der Waals surface area contributed by atoms with E-state index in [-0.39, 0.29) is 0 Å². The van der Waals surface area contributed by atoms with Crippen LogP contribution in [0.25, 0.3) is 0 Å². The molecule has 3 rings (SSSR count). The minimum atomic E-state index is 0.507. The fourth-order valence-corrected chi connectivity index (χ4v) is 3.90. The van der Waals surface area contributed by atoms with Gasteiger partial charge < -0.3 is 5.32 Å². The molecule has 1 aliphatic heterocycles.